The summed E-state index contributed by atoms with van der Waals surface area (Å²) < 4.78 is 23.1. The van der Waals surface area contributed by atoms with E-state index in [4.69, 9.17) is 0 Å². The fraction of sp³-hybridized carbons (Fsp3) is 0.250. The minimum absolute atomic E-state index is 0.471. The molecule has 0 saturated heterocycles. The summed E-state index contributed by atoms with van der Waals surface area (Å²) in [7, 11) is -3.52. The third kappa shape index (κ3) is 3.69. The number of aliphatic hydroxyl groups is 2. The first-order valence-corrected chi connectivity index (χ1v) is 8.52. The molecule has 0 bridgehead atoms. The van der Waals surface area contributed by atoms with Crippen molar-refractivity contribution in [3.63, 3.8) is 0 Å². The van der Waals surface area contributed by atoms with Gasteiger partial charge in [0.2, 0.25) is 0 Å². The van der Waals surface area contributed by atoms with Crippen LogP contribution < -0.4 is 0 Å². The molecule has 2 aromatic rings. The van der Waals surface area contributed by atoms with Crippen molar-refractivity contribution < 1.29 is 18.6 Å². The summed E-state index contributed by atoms with van der Waals surface area (Å²) >= 11 is 0. The smallest absolute Gasteiger partial charge is 0.155 e. The van der Waals surface area contributed by atoms with Crippen LogP contribution in [0.15, 0.2) is 54.6 Å². The third-order valence-electron chi connectivity index (χ3n) is 3.44. The minimum atomic E-state index is -3.52. The summed E-state index contributed by atoms with van der Waals surface area (Å²) in [5.74, 6) is 0. The first kappa shape index (κ1) is 15.7. The Labute approximate surface area is 124 Å². The zero-order valence-electron chi connectivity index (χ0n) is 11.7. The molecule has 0 aliphatic carbocycles. The van der Waals surface area contributed by atoms with E-state index in [1.165, 1.54) is 0 Å². The lowest BCUT2D eigenvalue weighted by Gasteiger charge is -2.19. The zero-order valence-corrected chi connectivity index (χ0v) is 12.5. The Morgan fingerprint density at radius 1 is 0.952 bits per heavy atom. The SMILES string of the molecule is CS(=O)(=O)C(CO)C(O)c1ccc(-c2ccccc2)cc1. The standard InChI is InChI=1S/C16H18O4S/c1-21(19,20)15(11-17)16(18)14-9-7-13(8-10-14)12-5-3-2-4-6-12/h2-10,15-18H,11H2,1H3. The van der Waals surface area contributed by atoms with E-state index in [2.05, 4.69) is 0 Å². The molecule has 2 unspecified atom stereocenters. The van der Waals surface area contributed by atoms with Gasteiger partial charge in [0, 0.05) is 6.26 Å². The van der Waals surface area contributed by atoms with E-state index in [9.17, 15) is 18.6 Å². The Bertz CT molecular complexity index is 678. The Morgan fingerprint density at radius 2 is 1.48 bits per heavy atom. The Balaban J connectivity index is 2.27. The highest BCUT2D eigenvalue weighted by Crippen LogP contribution is 2.25. The molecule has 2 aromatic carbocycles. The monoisotopic (exact) mass is 306 g/mol. The number of hydrogen-bond acceptors (Lipinski definition) is 4. The lowest BCUT2D eigenvalue weighted by molar-refractivity contribution is 0.138. The van der Waals surface area contributed by atoms with Crippen molar-refractivity contribution in [3.05, 3.63) is 60.2 Å². The molecular formula is C16H18O4S. The van der Waals surface area contributed by atoms with E-state index in [-0.39, 0.29) is 0 Å². The highest BCUT2D eigenvalue weighted by molar-refractivity contribution is 7.91. The van der Waals surface area contributed by atoms with E-state index in [1.807, 2.05) is 42.5 Å². The molecule has 0 saturated carbocycles. The molecule has 0 spiro atoms. The zero-order chi connectivity index (χ0) is 15.5. The molecule has 2 N–H and O–H groups in total. The molecule has 5 heteroatoms. The molecular weight excluding hydrogens is 288 g/mol. The molecule has 4 nitrogen and oxygen atoms in total. The number of sulfone groups is 1. The average molecular weight is 306 g/mol. The molecule has 0 aromatic heterocycles. The first-order valence-electron chi connectivity index (χ1n) is 6.56. The number of benzene rings is 2. The van der Waals surface area contributed by atoms with Crippen LogP contribution in [0.4, 0.5) is 0 Å². The second kappa shape index (κ2) is 6.39. The Morgan fingerprint density at radius 3 is 1.95 bits per heavy atom. The molecule has 0 radical (unpaired) electrons. The number of hydrogen-bond donors (Lipinski definition) is 2. The second-order valence-electron chi connectivity index (χ2n) is 4.98. The summed E-state index contributed by atoms with van der Waals surface area (Å²) in [6.07, 6.45) is -0.232. The van der Waals surface area contributed by atoms with Crippen LogP contribution >= 0.6 is 0 Å². The second-order valence-corrected chi connectivity index (χ2v) is 7.25. The predicted molar refractivity (Wildman–Crippen MR) is 82.6 cm³/mol. The molecule has 2 atom stereocenters. The van der Waals surface area contributed by atoms with Gasteiger partial charge in [0.25, 0.3) is 0 Å². The van der Waals surface area contributed by atoms with Gasteiger partial charge in [0.15, 0.2) is 9.84 Å². The maximum Gasteiger partial charge on any atom is 0.155 e. The summed E-state index contributed by atoms with van der Waals surface area (Å²) in [4.78, 5) is 0. The summed E-state index contributed by atoms with van der Waals surface area (Å²) in [5, 5.41) is 18.1. The van der Waals surface area contributed by atoms with Crippen molar-refractivity contribution >= 4 is 9.84 Å². The van der Waals surface area contributed by atoms with E-state index in [1.54, 1.807) is 12.1 Å². The fourth-order valence-electron chi connectivity index (χ4n) is 2.19. The van der Waals surface area contributed by atoms with Crippen LogP contribution in [0.5, 0.6) is 0 Å². The van der Waals surface area contributed by atoms with Crippen molar-refractivity contribution in [2.75, 3.05) is 12.9 Å². The van der Waals surface area contributed by atoms with Gasteiger partial charge >= 0.3 is 0 Å². The molecule has 0 heterocycles. The summed E-state index contributed by atoms with van der Waals surface area (Å²) in [6, 6.07) is 16.8. The van der Waals surface area contributed by atoms with Gasteiger partial charge in [0.1, 0.15) is 5.25 Å². The first-order chi connectivity index (χ1) is 9.93. The summed E-state index contributed by atoms with van der Waals surface area (Å²) in [5.41, 5.74) is 2.49. The van der Waals surface area contributed by atoms with Gasteiger partial charge in [-0.2, -0.15) is 0 Å². The average Bonchev–Trinajstić information content (AvgIpc) is 2.47. The Hall–Kier alpha value is -1.69. The topological polar surface area (TPSA) is 74.6 Å². The molecule has 0 aliphatic heterocycles. The lowest BCUT2D eigenvalue weighted by Crippen LogP contribution is -2.31. The van der Waals surface area contributed by atoms with Crippen LogP contribution in [-0.2, 0) is 9.84 Å². The molecule has 0 amide bonds. The molecule has 2 rings (SSSR count). The molecule has 112 valence electrons. The quantitative estimate of drug-likeness (QED) is 0.883. The van der Waals surface area contributed by atoms with Crippen molar-refractivity contribution in [1.82, 2.24) is 0 Å². The van der Waals surface area contributed by atoms with Crippen LogP contribution in [0.1, 0.15) is 11.7 Å². The van der Waals surface area contributed by atoms with Crippen LogP contribution in [-0.4, -0.2) is 36.7 Å². The maximum atomic E-state index is 11.5. The van der Waals surface area contributed by atoms with Crippen molar-refractivity contribution in [2.24, 2.45) is 0 Å². The minimum Gasteiger partial charge on any atom is -0.395 e. The number of rotatable bonds is 5. The van der Waals surface area contributed by atoms with E-state index in [0.29, 0.717) is 5.56 Å². The largest absolute Gasteiger partial charge is 0.395 e. The van der Waals surface area contributed by atoms with Crippen LogP contribution in [0.3, 0.4) is 0 Å². The fourth-order valence-corrected chi connectivity index (χ4v) is 3.08. The number of aliphatic hydroxyl groups excluding tert-OH is 2. The van der Waals surface area contributed by atoms with E-state index < -0.39 is 27.8 Å². The lowest BCUT2D eigenvalue weighted by atomic mass is 10.0. The van der Waals surface area contributed by atoms with Crippen LogP contribution in [0.2, 0.25) is 0 Å². The normalized spacial score (nSPS) is 14.6. The van der Waals surface area contributed by atoms with E-state index >= 15 is 0 Å². The Kier molecular flexibility index (Phi) is 4.77. The van der Waals surface area contributed by atoms with Gasteiger partial charge in [-0.25, -0.2) is 8.42 Å². The van der Waals surface area contributed by atoms with Crippen LogP contribution in [0, 0.1) is 0 Å². The van der Waals surface area contributed by atoms with Gasteiger partial charge in [-0.05, 0) is 16.7 Å². The van der Waals surface area contributed by atoms with Crippen molar-refractivity contribution in [3.8, 4) is 11.1 Å². The highest BCUT2D eigenvalue weighted by atomic mass is 32.2. The highest BCUT2D eigenvalue weighted by Gasteiger charge is 2.29. The van der Waals surface area contributed by atoms with Crippen LogP contribution in [0.25, 0.3) is 11.1 Å². The van der Waals surface area contributed by atoms with Gasteiger partial charge < -0.3 is 10.2 Å². The van der Waals surface area contributed by atoms with Gasteiger partial charge in [-0.15, -0.1) is 0 Å². The van der Waals surface area contributed by atoms with Crippen molar-refractivity contribution in [1.29, 1.82) is 0 Å². The van der Waals surface area contributed by atoms with Crippen molar-refractivity contribution in [2.45, 2.75) is 11.4 Å². The van der Waals surface area contributed by atoms with Gasteiger partial charge in [-0.3, -0.25) is 0 Å². The predicted octanol–water partition coefficient (Wildman–Crippen LogP) is 1.79. The van der Waals surface area contributed by atoms with Gasteiger partial charge in [-0.1, -0.05) is 54.6 Å². The molecule has 0 fully saturated rings. The molecule has 0 aliphatic rings. The molecule has 21 heavy (non-hydrogen) atoms. The third-order valence-corrected chi connectivity index (χ3v) is 4.95. The maximum absolute atomic E-state index is 11.5. The van der Waals surface area contributed by atoms with Gasteiger partial charge in [0.05, 0.1) is 12.7 Å². The summed E-state index contributed by atoms with van der Waals surface area (Å²) in [6.45, 7) is -0.611. The van der Waals surface area contributed by atoms with E-state index in [0.717, 1.165) is 17.4 Å².